The van der Waals surface area contributed by atoms with Crippen molar-refractivity contribution in [3.8, 4) is 22.6 Å². The molecule has 4 rings (SSSR count). The highest BCUT2D eigenvalue weighted by atomic mass is 16.5. The third-order valence-electron chi connectivity index (χ3n) is 4.41. The van der Waals surface area contributed by atoms with E-state index in [0.717, 1.165) is 44.5 Å². The molecule has 118 valence electrons. The van der Waals surface area contributed by atoms with Gasteiger partial charge in [0.2, 0.25) is 0 Å². The quantitative estimate of drug-likeness (QED) is 0.700. The zero-order chi connectivity index (χ0) is 16.7. The second kappa shape index (κ2) is 5.53. The van der Waals surface area contributed by atoms with Gasteiger partial charge < -0.3 is 9.47 Å². The molecule has 0 unspecified atom stereocenters. The smallest absolute Gasteiger partial charge is 0.186 e. The van der Waals surface area contributed by atoms with Gasteiger partial charge in [0, 0.05) is 22.6 Å². The first-order valence-corrected chi connectivity index (χ1v) is 7.73. The average molecular weight is 316 g/mol. The topological polar surface area (TPSA) is 35.5 Å². The zero-order valence-electron chi connectivity index (χ0n) is 13.5. The normalized spacial score (nSPS) is 12.5. The molecule has 1 aliphatic carbocycles. The Morgan fingerprint density at radius 2 is 1.71 bits per heavy atom. The third-order valence-corrected chi connectivity index (χ3v) is 4.41. The molecule has 3 aromatic rings. The van der Waals surface area contributed by atoms with Crippen molar-refractivity contribution >= 4 is 22.6 Å². The van der Waals surface area contributed by atoms with Gasteiger partial charge in [0.25, 0.3) is 0 Å². The molecule has 0 saturated carbocycles. The van der Waals surface area contributed by atoms with Crippen LogP contribution in [0.1, 0.15) is 15.9 Å². The molecule has 0 fully saturated rings. The van der Waals surface area contributed by atoms with Gasteiger partial charge in [-0.15, -0.1) is 0 Å². The van der Waals surface area contributed by atoms with Crippen LogP contribution in [-0.4, -0.2) is 20.0 Å². The Balaban J connectivity index is 1.97. The first-order chi connectivity index (χ1) is 11.7. The fourth-order valence-electron chi connectivity index (χ4n) is 3.25. The third kappa shape index (κ3) is 2.17. The lowest BCUT2D eigenvalue weighted by molar-refractivity contribution is 0.104. The van der Waals surface area contributed by atoms with Crippen LogP contribution in [0.25, 0.3) is 28.0 Å². The number of benzene rings is 3. The molecular weight excluding hydrogens is 300 g/mol. The maximum Gasteiger partial charge on any atom is 0.186 e. The first-order valence-electron chi connectivity index (χ1n) is 7.73. The van der Waals surface area contributed by atoms with E-state index >= 15 is 0 Å². The summed E-state index contributed by atoms with van der Waals surface area (Å²) >= 11 is 0. The van der Waals surface area contributed by atoms with Gasteiger partial charge in [-0.25, -0.2) is 0 Å². The van der Waals surface area contributed by atoms with E-state index in [-0.39, 0.29) is 5.78 Å². The maximum absolute atomic E-state index is 12.1. The van der Waals surface area contributed by atoms with Crippen LogP contribution in [0.5, 0.6) is 11.5 Å². The van der Waals surface area contributed by atoms with E-state index in [0.29, 0.717) is 0 Å². The Kier molecular flexibility index (Phi) is 3.35. The summed E-state index contributed by atoms with van der Waals surface area (Å²) in [7, 11) is 3.29. The molecule has 3 nitrogen and oxygen atoms in total. The van der Waals surface area contributed by atoms with Crippen molar-refractivity contribution in [1.29, 1.82) is 0 Å². The Hall–Kier alpha value is -3.07. The van der Waals surface area contributed by atoms with E-state index in [2.05, 4.69) is 12.1 Å². The number of rotatable bonds is 3. The van der Waals surface area contributed by atoms with E-state index in [1.807, 2.05) is 42.5 Å². The van der Waals surface area contributed by atoms with Crippen molar-refractivity contribution in [2.45, 2.75) is 0 Å². The highest BCUT2D eigenvalue weighted by molar-refractivity contribution is 6.20. The molecule has 0 aliphatic heterocycles. The fourth-order valence-corrected chi connectivity index (χ4v) is 3.25. The van der Waals surface area contributed by atoms with Crippen molar-refractivity contribution in [3.05, 3.63) is 65.7 Å². The van der Waals surface area contributed by atoms with E-state index in [1.165, 1.54) is 0 Å². The molecule has 0 N–H and O–H groups in total. The average Bonchev–Trinajstić information content (AvgIpc) is 2.63. The van der Waals surface area contributed by atoms with Crippen LogP contribution < -0.4 is 9.47 Å². The van der Waals surface area contributed by atoms with E-state index in [4.69, 9.17) is 9.47 Å². The largest absolute Gasteiger partial charge is 0.497 e. The van der Waals surface area contributed by atoms with Gasteiger partial charge in [-0.3, -0.25) is 4.79 Å². The Morgan fingerprint density at radius 1 is 0.833 bits per heavy atom. The summed E-state index contributed by atoms with van der Waals surface area (Å²) < 4.78 is 10.8. The highest BCUT2D eigenvalue weighted by Crippen LogP contribution is 2.38. The summed E-state index contributed by atoms with van der Waals surface area (Å²) in [5.74, 6) is 1.57. The minimum Gasteiger partial charge on any atom is -0.497 e. The lowest BCUT2D eigenvalue weighted by Crippen LogP contribution is -2.01. The lowest BCUT2D eigenvalue weighted by atomic mass is 9.89. The number of methoxy groups -OCH3 is 2. The number of ketones is 1. The monoisotopic (exact) mass is 316 g/mol. The van der Waals surface area contributed by atoms with Gasteiger partial charge in [-0.05, 0) is 46.9 Å². The minimum absolute atomic E-state index is 0.0582. The van der Waals surface area contributed by atoms with E-state index < -0.39 is 0 Å². The molecule has 3 heteroatoms. The minimum atomic E-state index is 0.0582. The number of carbonyl (C=O) groups is 1. The van der Waals surface area contributed by atoms with E-state index in [9.17, 15) is 4.79 Å². The number of hydrogen-bond donors (Lipinski definition) is 0. The fraction of sp³-hybridized carbons (Fsp3) is 0.0952. The molecular formula is C21H16O3. The van der Waals surface area contributed by atoms with Crippen molar-refractivity contribution in [2.75, 3.05) is 14.2 Å². The molecule has 0 spiro atoms. The van der Waals surface area contributed by atoms with Gasteiger partial charge >= 0.3 is 0 Å². The van der Waals surface area contributed by atoms with Gasteiger partial charge in [0.05, 0.1) is 14.2 Å². The van der Waals surface area contributed by atoms with Gasteiger partial charge in [0.15, 0.2) is 5.78 Å². The molecule has 0 amide bonds. The maximum atomic E-state index is 12.1. The predicted octanol–water partition coefficient (Wildman–Crippen LogP) is 4.73. The molecule has 0 aromatic heterocycles. The molecule has 0 atom stereocenters. The summed E-state index contributed by atoms with van der Waals surface area (Å²) in [6, 6.07) is 15.8. The highest BCUT2D eigenvalue weighted by Gasteiger charge is 2.17. The summed E-state index contributed by atoms with van der Waals surface area (Å²) in [6.45, 7) is 0. The summed E-state index contributed by atoms with van der Waals surface area (Å²) in [5.41, 5.74) is 3.86. The summed E-state index contributed by atoms with van der Waals surface area (Å²) in [6.07, 6.45) is 3.52. The first kappa shape index (κ1) is 14.5. The van der Waals surface area contributed by atoms with Crippen LogP contribution in [0.15, 0.2) is 54.6 Å². The summed E-state index contributed by atoms with van der Waals surface area (Å²) in [4.78, 5) is 12.1. The van der Waals surface area contributed by atoms with Gasteiger partial charge in [-0.1, -0.05) is 24.3 Å². The molecule has 3 aromatic carbocycles. The number of ether oxygens (including phenoxy) is 2. The molecule has 1 aliphatic rings. The van der Waals surface area contributed by atoms with E-state index in [1.54, 1.807) is 20.3 Å². The molecule has 0 saturated heterocycles. The lowest BCUT2D eigenvalue weighted by Gasteiger charge is -2.16. The number of hydrogen-bond acceptors (Lipinski definition) is 3. The van der Waals surface area contributed by atoms with Gasteiger partial charge in [-0.2, -0.15) is 0 Å². The van der Waals surface area contributed by atoms with Crippen LogP contribution in [-0.2, 0) is 0 Å². The SMILES string of the molecule is COc1ccc(-c2cc3c4c(cccc4c2)C(=O)C=C3)c(OC)c1. The molecule has 0 heterocycles. The van der Waals surface area contributed by atoms with Crippen molar-refractivity contribution < 1.29 is 14.3 Å². The second-order valence-electron chi connectivity index (χ2n) is 5.73. The predicted molar refractivity (Wildman–Crippen MR) is 95.9 cm³/mol. The van der Waals surface area contributed by atoms with Crippen LogP contribution in [0, 0.1) is 0 Å². The Labute approximate surface area is 140 Å². The Bertz CT molecular complexity index is 999. The molecule has 0 bridgehead atoms. The van der Waals surface area contributed by atoms with Crippen molar-refractivity contribution in [3.63, 3.8) is 0 Å². The van der Waals surface area contributed by atoms with Crippen molar-refractivity contribution in [2.24, 2.45) is 0 Å². The van der Waals surface area contributed by atoms with Gasteiger partial charge in [0.1, 0.15) is 11.5 Å². The standard InChI is InChI=1S/C21H16O3/c1-23-16-7-8-17(20(12-16)24-2)15-10-13-4-3-5-18-19(22)9-6-14(11-15)21(13)18/h3-12H,1-2H3. The van der Waals surface area contributed by atoms with Crippen molar-refractivity contribution in [1.82, 2.24) is 0 Å². The summed E-state index contributed by atoms with van der Waals surface area (Å²) in [5, 5.41) is 2.07. The van der Waals surface area contributed by atoms with Crippen LogP contribution in [0.2, 0.25) is 0 Å². The Morgan fingerprint density at radius 3 is 2.50 bits per heavy atom. The second-order valence-corrected chi connectivity index (χ2v) is 5.73. The van der Waals surface area contributed by atoms with Crippen LogP contribution in [0.3, 0.4) is 0 Å². The zero-order valence-corrected chi connectivity index (χ0v) is 13.5. The number of carbonyl (C=O) groups excluding carboxylic acids is 1. The van der Waals surface area contributed by atoms with Crippen LogP contribution in [0.4, 0.5) is 0 Å². The molecule has 24 heavy (non-hydrogen) atoms. The van der Waals surface area contributed by atoms with Crippen LogP contribution >= 0.6 is 0 Å². The molecule has 0 radical (unpaired) electrons. The number of allylic oxidation sites excluding steroid dienone is 1.